The summed E-state index contributed by atoms with van der Waals surface area (Å²) in [4.78, 5) is 2.30. The number of aryl methyl sites for hydroxylation is 1. The Bertz CT molecular complexity index is 2530. The number of terminal acetylenes is 1. The maximum Gasteiger partial charge on any atom is 0.123 e. The Morgan fingerprint density at radius 1 is 0.830 bits per heavy atom. The first-order chi connectivity index (χ1) is 25.9. The molecule has 1 heterocycles. The van der Waals surface area contributed by atoms with Crippen LogP contribution in [0, 0.1) is 25.2 Å². The molecular weight excluding hydrogens is 666 g/mol. The third-order valence-electron chi connectivity index (χ3n) is 10.7. The number of rotatable bonds is 6. The highest BCUT2D eigenvalue weighted by molar-refractivity contribution is 6.33. The van der Waals surface area contributed by atoms with Gasteiger partial charge in [-0.3, -0.25) is 0 Å². The summed E-state index contributed by atoms with van der Waals surface area (Å²) in [5.41, 5.74) is 17.0. The molecule has 8 rings (SSSR count). The zero-order valence-electron chi connectivity index (χ0n) is 30.2. The first-order valence-corrected chi connectivity index (χ1v) is 18.6. The van der Waals surface area contributed by atoms with Crippen molar-refractivity contribution in [2.75, 3.05) is 4.90 Å². The second-order valence-corrected chi connectivity index (χ2v) is 14.3. The van der Waals surface area contributed by atoms with Gasteiger partial charge in [-0.15, -0.1) is 6.42 Å². The molecule has 1 N–H and O–H groups in total. The van der Waals surface area contributed by atoms with Crippen LogP contribution in [0.1, 0.15) is 43.4 Å². The monoisotopic (exact) mass is 705 g/mol. The summed E-state index contributed by atoms with van der Waals surface area (Å²) in [6.45, 7) is 6.42. The van der Waals surface area contributed by atoms with Crippen molar-refractivity contribution in [3.63, 3.8) is 0 Å². The predicted molar refractivity (Wildman–Crippen MR) is 226 cm³/mol. The molecule has 53 heavy (non-hydrogen) atoms. The van der Waals surface area contributed by atoms with E-state index in [-0.39, 0.29) is 5.92 Å². The fraction of sp³-hybridized carbons (Fsp3) is 0.120. The van der Waals surface area contributed by atoms with E-state index in [0.29, 0.717) is 10.8 Å². The van der Waals surface area contributed by atoms with Crippen molar-refractivity contribution in [1.82, 2.24) is 0 Å². The highest BCUT2D eigenvalue weighted by Crippen LogP contribution is 2.54. The van der Waals surface area contributed by atoms with Crippen LogP contribution in [-0.4, -0.2) is 5.11 Å². The number of aromatic hydroxyl groups is 1. The van der Waals surface area contributed by atoms with Crippen molar-refractivity contribution in [2.24, 2.45) is 5.92 Å². The van der Waals surface area contributed by atoms with E-state index in [9.17, 15) is 5.11 Å². The second kappa shape index (κ2) is 14.2. The van der Waals surface area contributed by atoms with Gasteiger partial charge >= 0.3 is 0 Å². The van der Waals surface area contributed by atoms with Crippen LogP contribution in [0.25, 0.3) is 44.5 Å². The Balaban J connectivity index is 1.40. The largest absolute Gasteiger partial charge is 0.507 e. The Morgan fingerprint density at radius 2 is 1.58 bits per heavy atom. The quantitative estimate of drug-likeness (QED) is 0.138. The Morgan fingerprint density at radius 3 is 2.38 bits per heavy atom. The van der Waals surface area contributed by atoms with E-state index in [2.05, 4.69) is 122 Å². The van der Waals surface area contributed by atoms with E-state index in [1.165, 1.54) is 11.1 Å². The lowest BCUT2D eigenvalue weighted by molar-refractivity contribution is 0.473. The van der Waals surface area contributed by atoms with Gasteiger partial charge in [0.25, 0.3) is 0 Å². The van der Waals surface area contributed by atoms with Gasteiger partial charge in [0, 0.05) is 22.3 Å². The van der Waals surface area contributed by atoms with E-state index in [1.54, 1.807) is 6.07 Å². The average Bonchev–Trinajstić information content (AvgIpc) is 3.62. The molecule has 0 saturated heterocycles. The number of phenolic OH excluding ortho intramolecular Hbond substituents is 1. The van der Waals surface area contributed by atoms with Crippen molar-refractivity contribution >= 4 is 39.8 Å². The third kappa shape index (κ3) is 5.98. The summed E-state index contributed by atoms with van der Waals surface area (Å²) < 4.78 is 0. The molecule has 1 aliphatic heterocycles. The molecule has 5 aromatic rings. The smallest absolute Gasteiger partial charge is 0.123 e. The number of hydrogen-bond acceptors (Lipinski definition) is 2. The molecule has 258 valence electrons. The molecule has 3 heteroatoms. The van der Waals surface area contributed by atoms with Gasteiger partial charge in [-0.1, -0.05) is 122 Å². The molecule has 3 aliphatic rings. The molecule has 0 aromatic heterocycles. The number of benzene rings is 5. The molecule has 1 unspecified atom stereocenters. The molecule has 2 nitrogen and oxygen atoms in total. The Labute approximate surface area is 318 Å². The van der Waals surface area contributed by atoms with Crippen LogP contribution in [0.5, 0.6) is 5.75 Å². The van der Waals surface area contributed by atoms with Crippen LogP contribution in [0.15, 0.2) is 157 Å². The SMILES string of the molecule is C#C/C(=C\C=C/C)C1=C(c2ccc3c(c2)-c2c(C)cccc2-c2cc(-c4cccc(O)c4C4=CC=CCC4C)ccc2N3c2ccccc2Cl)C=CC1. The summed E-state index contributed by atoms with van der Waals surface area (Å²) in [6.07, 6.45) is 24.7. The molecule has 2 aliphatic carbocycles. The van der Waals surface area contributed by atoms with Crippen LogP contribution in [0.2, 0.25) is 5.02 Å². The molecule has 0 fully saturated rings. The molecule has 0 amide bonds. The molecule has 5 aromatic carbocycles. The Hall–Kier alpha value is -6.01. The van der Waals surface area contributed by atoms with Crippen LogP contribution >= 0.6 is 11.6 Å². The van der Waals surface area contributed by atoms with Crippen molar-refractivity contribution in [3.8, 4) is 51.5 Å². The van der Waals surface area contributed by atoms with Crippen molar-refractivity contribution in [1.29, 1.82) is 0 Å². The highest BCUT2D eigenvalue weighted by atomic mass is 35.5. The molecule has 0 spiro atoms. The maximum absolute atomic E-state index is 11.4. The number of halogens is 1. The number of anilines is 3. The van der Waals surface area contributed by atoms with Crippen molar-refractivity contribution in [2.45, 2.75) is 33.6 Å². The minimum atomic E-state index is 0.288. The lowest BCUT2D eigenvalue weighted by Gasteiger charge is -2.29. The Kier molecular flexibility index (Phi) is 9.13. The molecule has 0 bridgehead atoms. The van der Waals surface area contributed by atoms with Gasteiger partial charge < -0.3 is 10.0 Å². The standard InChI is InChI=1S/C50H40ClNO/c1-5-7-17-34(6-2)38-19-13-20-39(38)35-26-29-46-43(31-35)49-33(4)16-12-22-41(49)42-30-36(27-28-45(42)52(46)47-24-11-10-23-44(47)51)40-21-14-25-48(53)50(40)37-18-9-8-15-32(37)3/h2,5,7-14,16-18,20-32,53H,15,19H2,1,3-4H3/b7-5-,34-17+. The van der Waals surface area contributed by atoms with Crippen LogP contribution in [-0.2, 0) is 0 Å². The predicted octanol–water partition coefficient (Wildman–Crippen LogP) is 14.0. The van der Waals surface area contributed by atoms with Crippen molar-refractivity contribution < 1.29 is 5.11 Å². The van der Waals surface area contributed by atoms with E-state index >= 15 is 0 Å². The summed E-state index contributed by atoms with van der Waals surface area (Å²) in [7, 11) is 0. The topological polar surface area (TPSA) is 23.5 Å². The van der Waals surface area contributed by atoms with Gasteiger partial charge in [0.15, 0.2) is 0 Å². The van der Waals surface area contributed by atoms with Crippen molar-refractivity contribution in [3.05, 3.63) is 179 Å². The summed E-state index contributed by atoms with van der Waals surface area (Å²) in [6, 6.07) is 33.9. The van der Waals surface area contributed by atoms with E-state index in [4.69, 9.17) is 18.0 Å². The maximum atomic E-state index is 11.4. The zero-order valence-corrected chi connectivity index (χ0v) is 31.0. The van der Waals surface area contributed by atoms with Gasteiger partial charge in [0.05, 0.1) is 22.1 Å². The first-order valence-electron chi connectivity index (χ1n) is 18.2. The summed E-state index contributed by atoms with van der Waals surface area (Å²) in [5, 5.41) is 12.0. The average molecular weight is 706 g/mol. The minimum Gasteiger partial charge on any atom is -0.507 e. The highest BCUT2D eigenvalue weighted by Gasteiger charge is 2.30. The lowest BCUT2D eigenvalue weighted by atomic mass is 9.83. The number of phenols is 1. The minimum absolute atomic E-state index is 0.288. The summed E-state index contributed by atoms with van der Waals surface area (Å²) in [5.74, 6) is 3.52. The first kappa shape index (κ1) is 34.1. The third-order valence-corrected chi connectivity index (χ3v) is 11.0. The van der Waals surface area contributed by atoms with Gasteiger partial charge in [0.2, 0.25) is 0 Å². The van der Waals surface area contributed by atoms with Crippen LogP contribution in [0.4, 0.5) is 17.1 Å². The number of allylic oxidation sites excluding steroid dienone is 12. The van der Waals surface area contributed by atoms with Gasteiger partial charge in [-0.25, -0.2) is 0 Å². The molecule has 0 radical (unpaired) electrons. The van der Waals surface area contributed by atoms with E-state index in [0.717, 1.165) is 91.1 Å². The van der Waals surface area contributed by atoms with Crippen LogP contribution < -0.4 is 4.90 Å². The number of para-hydroxylation sites is 1. The fourth-order valence-electron chi connectivity index (χ4n) is 8.10. The second-order valence-electron chi connectivity index (χ2n) is 13.9. The number of nitrogens with zero attached hydrogens (tertiary/aromatic N) is 1. The molecule has 0 saturated carbocycles. The molecule has 1 atom stereocenters. The zero-order chi connectivity index (χ0) is 36.6. The number of fused-ring (bicyclic) bond motifs is 5. The lowest BCUT2D eigenvalue weighted by Crippen LogP contribution is -2.12. The summed E-state index contributed by atoms with van der Waals surface area (Å²) >= 11 is 7.07. The van der Waals surface area contributed by atoms with Crippen LogP contribution in [0.3, 0.4) is 0 Å². The van der Waals surface area contributed by atoms with Gasteiger partial charge in [-0.05, 0) is 131 Å². The van der Waals surface area contributed by atoms with E-state index in [1.807, 2.05) is 49.4 Å². The molecular formula is C50H40ClNO. The van der Waals surface area contributed by atoms with Gasteiger partial charge in [-0.2, -0.15) is 0 Å². The number of hydrogen-bond donors (Lipinski definition) is 1. The normalized spacial score (nSPS) is 16.3. The van der Waals surface area contributed by atoms with E-state index < -0.39 is 0 Å². The van der Waals surface area contributed by atoms with Gasteiger partial charge in [0.1, 0.15) is 5.75 Å². The fourth-order valence-corrected chi connectivity index (χ4v) is 8.32.